The summed E-state index contributed by atoms with van der Waals surface area (Å²) in [4.78, 5) is 8.52. The molecule has 0 aliphatic carbocycles. The predicted octanol–water partition coefficient (Wildman–Crippen LogP) is 4.46. The maximum Gasteiger partial charge on any atom is 0.166 e. The molecule has 1 heterocycles. The lowest BCUT2D eigenvalue weighted by Gasteiger charge is -2.06. The number of pyridine rings is 1. The molecule has 0 aliphatic rings. The van der Waals surface area contributed by atoms with Gasteiger partial charge in [0.25, 0.3) is 0 Å². The van der Waals surface area contributed by atoms with Crippen molar-refractivity contribution < 1.29 is 9.84 Å². The van der Waals surface area contributed by atoms with E-state index in [0.29, 0.717) is 11.3 Å². The van der Waals surface area contributed by atoms with Crippen molar-refractivity contribution in [2.24, 2.45) is 4.99 Å². The fourth-order valence-electron chi connectivity index (χ4n) is 2.15. The van der Waals surface area contributed by atoms with Gasteiger partial charge in [-0.1, -0.05) is 22.0 Å². The van der Waals surface area contributed by atoms with E-state index in [2.05, 4.69) is 25.9 Å². The van der Waals surface area contributed by atoms with E-state index >= 15 is 0 Å². The molecular formula is C17H13BrN2O2. The lowest BCUT2D eigenvalue weighted by Crippen LogP contribution is -1.89. The third-order valence-corrected chi connectivity index (χ3v) is 3.72. The van der Waals surface area contributed by atoms with E-state index in [9.17, 15) is 5.11 Å². The Morgan fingerprint density at radius 1 is 1.18 bits per heavy atom. The number of hydrogen-bond acceptors (Lipinski definition) is 4. The van der Waals surface area contributed by atoms with Crippen LogP contribution in [0.25, 0.3) is 10.8 Å². The van der Waals surface area contributed by atoms with Crippen molar-refractivity contribution in [2.45, 2.75) is 0 Å². The molecule has 0 aliphatic heterocycles. The standard InChI is InChI=1S/C17H13BrN2O2/c1-22-16-8-14(18)6-13(17(16)21)10-20-15-3-2-11-4-5-19-9-12(11)7-15/h2-10,21H,1H3. The molecule has 0 fully saturated rings. The van der Waals surface area contributed by atoms with E-state index < -0.39 is 0 Å². The lowest BCUT2D eigenvalue weighted by atomic mass is 10.1. The second-order valence-corrected chi connectivity index (χ2v) is 5.63. The minimum Gasteiger partial charge on any atom is -0.504 e. The van der Waals surface area contributed by atoms with Gasteiger partial charge in [-0.15, -0.1) is 0 Å². The summed E-state index contributed by atoms with van der Waals surface area (Å²) in [6, 6.07) is 11.3. The van der Waals surface area contributed by atoms with Crippen molar-refractivity contribution in [1.29, 1.82) is 0 Å². The van der Waals surface area contributed by atoms with Gasteiger partial charge in [-0.05, 0) is 35.7 Å². The maximum absolute atomic E-state index is 10.1. The van der Waals surface area contributed by atoms with E-state index in [-0.39, 0.29) is 5.75 Å². The Bertz CT molecular complexity index is 862. The third kappa shape index (κ3) is 2.94. The molecule has 22 heavy (non-hydrogen) atoms. The van der Waals surface area contributed by atoms with Crippen LogP contribution in [-0.2, 0) is 0 Å². The zero-order valence-electron chi connectivity index (χ0n) is 11.8. The number of phenolic OH excluding ortho intramolecular Hbond substituents is 1. The Morgan fingerprint density at radius 2 is 2.05 bits per heavy atom. The largest absolute Gasteiger partial charge is 0.504 e. The van der Waals surface area contributed by atoms with Crippen LogP contribution in [0.5, 0.6) is 11.5 Å². The minimum atomic E-state index is 0.0666. The first-order chi connectivity index (χ1) is 10.7. The van der Waals surface area contributed by atoms with Gasteiger partial charge in [-0.25, -0.2) is 0 Å². The van der Waals surface area contributed by atoms with Gasteiger partial charge in [0.2, 0.25) is 0 Å². The van der Waals surface area contributed by atoms with Crippen LogP contribution in [0.4, 0.5) is 5.69 Å². The van der Waals surface area contributed by atoms with Crippen molar-refractivity contribution in [2.75, 3.05) is 7.11 Å². The molecule has 0 atom stereocenters. The monoisotopic (exact) mass is 356 g/mol. The summed E-state index contributed by atoms with van der Waals surface area (Å²) in [6.45, 7) is 0. The average molecular weight is 357 g/mol. The number of aliphatic imine (C=N–C) groups is 1. The molecule has 0 saturated carbocycles. The van der Waals surface area contributed by atoms with E-state index in [1.165, 1.54) is 7.11 Å². The van der Waals surface area contributed by atoms with Gasteiger partial charge in [-0.3, -0.25) is 9.98 Å². The second kappa shape index (κ2) is 6.15. The molecule has 0 spiro atoms. The Labute approximate surface area is 136 Å². The Morgan fingerprint density at radius 3 is 2.86 bits per heavy atom. The average Bonchev–Trinajstić information content (AvgIpc) is 2.55. The number of hydrogen-bond donors (Lipinski definition) is 1. The van der Waals surface area contributed by atoms with Crippen LogP contribution in [0, 0.1) is 0 Å². The highest BCUT2D eigenvalue weighted by molar-refractivity contribution is 9.10. The predicted molar refractivity (Wildman–Crippen MR) is 91.4 cm³/mol. The van der Waals surface area contributed by atoms with Crippen molar-refractivity contribution in [3.8, 4) is 11.5 Å². The van der Waals surface area contributed by atoms with Crippen LogP contribution >= 0.6 is 15.9 Å². The summed E-state index contributed by atoms with van der Waals surface area (Å²) in [5, 5.41) is 12.2. The highest BCUT2D eigenvalue weighted by Crippen LogP contribution is 2.33. The fourth-order valence-corrected chi connectivity index (χ4v) is 2.60. The van der Waals surface area contributed by atoms with Crippen LogP contribution in [0.3, 0.4) is 0 Å². The zero-order valence-corrected chi connectivity index (χ0v) is 13.4. The van der Waals surface area contributed by atoms with E-state index in [4.69, 9.17) is 4.74 Å². The van der Waals surface area contributed by atoms with E-state index in [1.54, 1.807) is 30.7 Å². The zero-order chi connectivity index (χ0) is 15.5. The molecule has 0 bridgehead atoms. The van der Waals surface area contributed by atoms with Gasteiger partial charge in [0.15, 0.2) is 11.5 Å². The molecule has 0 saturated heterocycles. The summed E-state index contributed by atoms with van der Waals surface area (Å²) in [5.41, 5.74) is 1.37. The van der Waals surface area contributed by atoms with Gasteiger partial charge in [0, 0.05) is 34.0 Å². The topological polar surface area (TPSA) is 54.7 Å². The fraction of sp³-hybridized carbons (Fsp3) is 0.0588. The SMILES string of the molecule is COc1cc(Br)cc(C=Nc2ccc3ccncc3c2)c1O. The molecule has 4 nitrogen and oxygen atoms in total. The normalized spacial score (nSPS) is 11.2. The quantitative estimate of drug-likeness (QED) is 0.704. The van der Waals surface area contributed by atoms with Crippen LogP contribution < -0.4 is 4.74 Å². The van der Waals surface area contributed by atoms with Gasteiger partial charge in [0.05, 0.1) is 12.8 Å². The highest BCUT2D eigenvalue weighted by Gasteiger charge is 2.08. The first-order valence-electron chi connectivity index (χ1n) is 6.62. The van der Waals surface area contributed by atoms with Crippen LogP contribution in [0.2, 0.25) is 0 Å². The molecule has 3 aromatic rings. The first kappa shape index (κ1) is 14.5. The minimum absolute atomic E-state index is 0.0666. The Balaban J connectivity index is 1.97. The third-order valence-electron chi connectivity index (χ3n) is 3.27. The van der Waals surface area contributed by atoms with Crippen molar-refractivity contribution in [3.63, 3.8) is 0 Å². The van der Waals surface area contributed by atoms with Crippen molar-refractivity contribution in [1.82, 2.24) is 4.98 Å². The molecule has 3 rings (SSSR count). The molecular weight excluding hydrogens is 344 g/mol. The van der Waals surface area contributed by atoms with Gasteiger partial charge >= 0.3 is 0 Å². The number of benzene rings is 2. The summed E-state index contributed by atoms with van der Waals surface area (Å²) in [6.07, 6.45) is 5.17. The van der Waals surface area contributed by atoms with Crippen molar-refractivity contribution >= 4 is 38.6 Å². The Hall–Kier alpha value is -2.40. The lowest BCUT2D eigenvalue weighted by molar-refractivity contribution is 0.373. The number of halogens is 1. The number of ether oxygens (including phenoxy) is 1. The number of methoxy groups -OCH3 is 1. The number of fused-ring (bicyclic) bond motifs is 1. The smallest absolute Gasteiger partial charge is 0.166 e. The maximum atomic E-state index is 10.1. The number of nitrogens with zero attached hydrogens (tertiary/aromatic N) is 2. The van der Waals surface area contributed by atoms with Crippen LogP contribution in [0.15, 0.2) is 58.3 Å². The summed E-state index contributed by atoms with van der Waals surface area (Å²) in [7, 11) is 1.51. The summed E-state index contributed by atoms with van der Waals surface area (Å²) < 4.78 is 5.94. The Kier molecular flexibility index (Phi) is 4.06. The number of rotatable bonds is 3. The van der Waals surface area contributed by atoms with Crippen LogP contribution in [0.1, 0.15) is 5.56 Å². The molecule has 0 unspecified atom stereocenters. The summed E-state index contributed by atoms with van der Waals surface area (Å²) in [5.74, 6) is 0.468. The van der Waals surface area contributed by atoms with Gasteiger partial charge < -0.3 is 9.84 Å². The molecule has 0 amide bonds. The first-order valence-corrected chi connectivity index (χ1v) is 7.41. The molecule has 110 valence electrons. The number of aromatic hydroxyl groups is 1. The van der Waals surface area contributed by atoms with Crippen molar-refractivity contribution in [3.05, 3.63) is 58.8 Å². The molecule has 2 aromatic carbocycles. The molecule has 1 aromatic heterocycles. The number of phenols is 1. The van der Waals surface area contributed by atoms with E-state index in [0.717, 1.165) is 20.9 Å². The van der Waals surface area contributed by atoms with Gasteiger partial charge in [-0.2, -0.15) is 0 Å². The molecule has 5 heteroatoms. The van der Waals surface area contributed by atoms with Gasteiger partial charge in [0.1, 0.15) is 0 Å². The van der Waals surface area contributed by atoms with Crippen LogP contribution in [-0.4, -0.2) is 23.4 Å². The highest BCUT2D eigenvalue weighted by atomic mass is 79.9. The number of aromatic nitrogens is 1. The second-order valence-electron chi connectivity index (χ2n) is 4.71. The summed E-state index contributed by atoms with van der Waals surface area (Å²) >= 11 is 3.39. The van der Waals surface area contributed by atoms with E-state index in [1.807, 2.05) is 24.3 Å². The molecule has 1 N–H and O–H groups in total. The molecule has 0 radical (unpaired) electrons.